The van der Waals surface area contributed by atoms with E-state index in [1.165, 1.54) is 0 Å². The Labute approximate surface area is 294 Å². The molecule has 0 radical (unpaired) electrons. The fraction of sp³-hybridized carbons (Fsp3) is 0.958. The monoisotopic (exact) mass is 564 g/mol. The molecular weight excluding hydrogens is 527 g/mol. The summed E-state index contributed by atoms with van der Waals surface area (Å²) in [7, 11) is -4.76. The van der Waals surface area contributed by atoms with Crippen LogP contribution in [0.15, 0.2) is 0 Å². The number of rotatable bonds is 6. The van der Waals surface area contributed by atoms with Crippen molar-refractivity contribution in [2.24, 2.45) is 46.3 Å². The second-order valence-corrected chi connectivity index (χ2v) is 12.9. The number of carbonyl (C=O) groups excluding carboxylic acids is 1. The third kappa shape index (κ3) is 6.55. The number of aliphatic carboxylic acids is 1. The Morgan fingerprint density at radius 1 is 1.09 bits per heavy atom. The molecular formula is C24H38K2O8S. The summed E-state index contributed by atoms with van der Waals surface area (Å²) in [5.74, 6) is -0.343. The van der Waals surface area contributed by atoms with Gasteiger partial charge in [-0.15, -0.1) is 0 Å². The molecule has 4 fully saturated rings. The molecule has 0 spiro atoms. The Bertz CT molecular complexity index is 872. The number of hydrogen-bond donors (Lipinski definition) is 2. The minimum Gasteiger partial charge on any atom is -0.726 e. The molecule has 0 aromatic rings. The number of aliphatic hydroxyl groups is 2. The van der Waals surface area contributed by atoms with Gasteiger partial charge in [0, 0.05) is 5.97 Å². The summed E-state index contributed by atoms with van der Waals surface area (Å²) in [6.45, 7) is 6.41. The van der Waals surface area contributed by atoms with E-state index in [9.17, 15) is 33.1 Å². The first-order valence-electron chi connectivity index (χ1n) is 12.5. The van der Waals surface area contributed by atoms with Crippen LogP contribution < -0.4 is 108 Å². The molecule has 0 heterocycles. The number of carboxylic acids is 1. The quantitative estimate of drug-likeness (QED) is 0.187. The average Bonchev–Trinajstić information content (AvgIpc) is 3.05. The zero-order chi connectivity index (χ0) is 24.3. The predicted molar refractivity (Wildman–Crippen MR) is 116 cm³/mol. The maximum absolute atomic E-state index is 11.5. The van der Waals surface area contributed by atoms with Crippen LogP contribution >= 0.6 is 0 Å². The minimum atomic E-state index is -4.76. The van der Waals surface area contributed by atoms with Gasteiger partial charge in [-0.2, -0.15) is 0 Å². The van der Waals surface area contributed by atoms with Crippen LogP contribution in [0.4, 0.5) is 0 Å². The van der Waals surface area contributed by atoms with E-state index in [2.05, 4.69) is 20.8 Å². The first-order chi connectivity index (χ1) is 15.3. The van der Waals surface area contributed by atoms with E-state index >= 15 is 0 Å². The zero-order valence-corrected chi connectivity index (χ0v) is 28.9. The Hall–Kier alpha value is 2.53. The molecule has 0 amide bonds. The molecule has 0 saturated heterocycles. The number of hydrogen-bond acceptors (Lipinski definition) is 8. The van der Waals surface area contributed by atoms with Crippen LogP contribution in [0.1, 0.15) is 78.6 Å². The topological polar surface area (TPSA) is 147 Å². The van der Waals surface area contributed by atoms with Crippen molar-refractivity contribution in [2.45, 2.75) is 96.9 Å². The van der Waals surface area contributed by atoms with Gasteiger partial charge in [0.1, 0.15) is 0 Å². The van der Waals surface area contributed by atoms with Crippen molar-refractivity contribution in [3.63, 3.8) is 0 Å². The van der Waals surface area contributed by atoms with Crippen LogP contribution in [0, 0.1) is 46.3 Å². The summed E-state index contributed by atoms with van der Waals surface area (Å²) in [5, 5.41) is 33.8. The molecule has 2 N–H and O–H groups in total. The Morgan fingerprint density at radius 3 is 2.34 bits per heavy atom. The summed E-state index contributed by atoms with van der Waals surface area (Å²) in [4.78, 5) is 11.0. The fourth-order valence-electron chi connectivity index (χ4n) is 8.92. The first-order valence-corrected chi connectivity index (χ1v) is 13.8. The summed E-state index contributed by atoms with van der Waals surface area (Å²) in [5.41, 5.74) is -0.523. The SMILES string of the molecule is C[C@H](CCC(=O)[O-])[C@H]1CC[C@H]2[C@@H]3[C@H](O)C[C@@H]4C[C@H](OS(=O)(=O)[O-])CC[C@]4(C)[C@H]3C[C@H](O)[C@]12C.[K+].[K+]. The minimum absolute atomic E-state index is 0. The van der Waals surface area contributed by atoms with Gasteiger partial charge in [0.25, 0.3) is 0 Å². The molecule has 0 bridgehead atoms. The van der Waals surface area contributed by atoms with E-state index in [-0.39, 0.29) is 156 Å². The van der Waals surface area contributed by atoms with E-state index in [1.54, 1.807) is 0 Å². The molecule has 0 aliphatic heterocycles. The largest absolute Gasteiger partial charge is 1.00 e. The van der Waals surface area contributed by atoms with Gasteiger partial charge in [0.05, 0.1) is 18.3 Å². The van der Waals surface area contributed by atoms with Gasteiger partial charge >= 0.3 is 103 Å². The molecule has 4 saturated carbocycles. The first kappa shape index (κ1) is 33.7. The average molecular weight is 565 g/mol. The summed E-state index contributed by atoms with van der Waals surface area (Å²) in [6.07, 6.45) is 3.38. The van der Waals surface area contributed by atoms with Gasteiger partial charge in [-0.1, -0.05) is 20.8 Å². The Balaban J connectivity index is 0.00000216. The molecule has 4 aliphatic carbocycles. The molecule has 11 heteroatoms. The smallest absolute Gasteiger partial charge is 0.726 e. The number of carboxylic acid groups (broad SMARTS) is 1. The van der Waals surface area contributed by atoms with E-state index in [0.717, 1.165) is 12.8 Å². The van der Waals surface area contributed by atoms with Gasteiger partial charge in [-0.3, -0.25) is 4.18 Å². The van der Waals surface area contributed by atoms with E-state index < -0.39 is 34.7 Å². The van der Waals surface area contributed by atoms with Crippen molar-refractivity contribution in [3.05, 3.63) is 0 Å². The van der Waals surface area contributed by atoms with Crippen molar-refractivity contribution in [3.8, 4) is 0 Å². The zero-order valence-electron chi connectivity index (χ0n) is 21.8. The molecule has 0 aromatic carbocycles. The van der Waals surface area contributed by atoms with Crippen LogP contribution in [-0.4, -0.2) is 47.5 Å². The Kier molecular flexibility index (Phi) is 12.1. The Morgan fingerprint density at radius 2 is 1.74 bits per heavy atom. The second-order valence-electron chi connectivity index (χ2n) is 11.9. The molecule has 35 heavy (non-hydrogen) atoms. The molecule has 4 rings (SSSR count). The van der Waals surface area contributed by atoms with Crippen molar-refractivity contribution in [1.29, 1.82) is 0 Å². The van der Waals surface area contributed by atoms with Gasteiger partial charge in [-0.05, 0) is 104 Å². The standard InChI is InChI=1S/C24H40O8S.2K/c1-13(4-7-21(27)28)16-5-6-17-22-18(12-20(26)24(16,17)3)23(2)9-8-15(32-33(29,30)31)10-14(23)11-19(22)25;;/h13-20,22,25-26H,4-12H2,1-3H3,(H,27,28)(H,29,30,31);;/q;2*+1/p-2/t13-,14+,15-,16-,17+,18+,19-,20+,22+,23+,24-;;/m1../s1. The number of fused-ring (bicyclic) bond motifs is 5. The van der Waals surface area contributed by atoms with Crippen molar-refractivity contribution in [2.75, 3.05) is 0 Å². The molecule has 0 unspecified atom stereocenters. The summed E-state index contributed by atoms with van der Waals surface area (Å²) >= 11 is 0. The number of carbonyl (C=O) groups is 1. The fourth-order valence-corrected chi connectivity index (χ4v) is 9.42. The van der Waals surface area contributed by atoms with Crippen LogP contribution in [0.5, 0.6) is 0 Å². The maximum Gasteiger partial charge on any atom is 1.00 e. The predicted octanol–water partition coefficient (Wildman–Crippen LogP) is -4.39. The van der Waals surface area contributed by atoms with E-state index in [0.29, 0.717) is 38.5 Å². The van der Waals surface area contributed by atoms with Crippen LogP contribution in [0.25, 0.3) is 0 Å². The third-order valence-corrected chi connectivity index (χ3v) is 11.1. The normalized spacial score (nSPS) is 45.7. The molecule has 0 aromatic heterocycles. The second kappa shape index (κ2) is 12.6. The van der Waals surface area contributed by atoms with Gasteiger partial charge in [0.15, 0.2) is 0 Å². The maximum atomic E-state index is 11.5. The molecule has 11 atom stereocenters. The van der Waals surface area contributed by atoms with Gasteiger partial charge in [-0.25, -0.2) is 8.42 Å². The van der Waals surface area contributed by atoms with Crippen molar-refractivity contribution >= 4 is 16.4 Å². The van der Waals surface area contributed by atoms with Crippen LogP contribution in [0.2, 0.25) is 0 Å². The van der Waals surface area contributed by atoms with Crippen molar-refractivity contribution < 1.29 is 140 Å². The third-order valence-electron chi connectivity index (χ3n) is 10.6. The van der Waals surface area contributed by atoms with Gasteiger partial charge < -0.3 is 24.7 Å². The van der Waals surface area contributed by atoms with E-state index in [1.807, 2.05) is 0 Å². The van der Waals surface area contributed by atoms with E-state index in [4.69, 9.17) is 4.18 Å². The van der Waals surface area contributed by atoms with Crippen LogP contribution in [0.3, 0.4) is 0 Å². The number of aliphatic hydroxyl groups excluding tert-OH is 2. The molecule has 8 nitrogen and oxygen atoms in total. The summed E-state index contributed by atoms with van der Waals surface area (Å²) < 4.78 is 38.1. The summed E-state index contributed by atoms with van der Waals surface area (Å²) in [6, 6.07) is 0. The van der Waals surface area contributed by atoms with Crippen molar-refractivity contribution in [1.82, 2.24) is 0 Å². The molecule has 190 valence electrons. The van der Waals surface area contributed by atoms with Crippen LogP contribution in [-0.2, 0) is 19.4 Å². The van der Waals surface area contributed by atoms with Gasteiger partial charge in [0.2, 0.25) is 10.4 Å². The molecule has 4 aliphatic rings.